The minimum Gasteiger partial charge on any atom is -0.492 e. The van der Waals surface area contributed by atoms with E-state index >= 15 is 0 Å². The van der Waals surface area contributed by atoms with Gasteiger partial charge in [-0.05, 0) is 43.9 Å². The predicted molar refractivity (Wildman–Crippen MR) is 73.7 cm³/mol. The number of hydrogen-bond acceptors (Lipinski definition) is 3. The zero-order valence-corrected chi connectivity index (χ0v) is 11.3. The molecule has 0 fully saturated rings. The summed E-state index contributed by atoms with van der Waals surface area (Å²) < 4.78 is 18.4. The van der Waals surface area contributed by atoms with E-state index in [2.05, 4.69) is 11.6 Å². The van der Waals surface area contributed by atoms with Crippen molar-refractivity contribution in [3.05, 3.63) is 24.0 Å². The molecule has 1 aromatic rings. The van der Waals surface area contributed by atoms with Crippen LogP contribution in [-0.4, -0.2) is 25.2 Å². The molecule has 0 saturated heterocycles. The third-order valence-corrected chi connectivity index (χ3v) is 3.03. The Morgan fingerprint density at radius 3 is 2.88 bits per heavy atom. The van der Waals surface area contributed by atoms with Gasteiger partial charge in [0.05, 0.1) is 12.3 Å². The molecule has 17 heavy (non-hydrogen) atoms. The lowest BCUT2D eigenvalue weighted by Crippen LogP contribution is -2.05. The lowest BCUT2D eigenvalue weighted by Gasteiger charge is -2.12. The van der Waals surface area contributed by atoms with Crippen LogP contribution in [0, 0.1) is 5.82 Å². The van der Waals surface area contributed by atoms with E-state index < -0.39 is 0 Å². The fourth-order valence-corrected chi connectivity index (χ4v) is 2.00. The van der Waals surface area contributed by atoms with Gasteiger partial charge in [0.1, 0.15) is 11.6 Å². The molecule has 2 nitrogen and oxygen atoms in total. The highest BCUT2D eigenvalue weighted by Gasteiger charge is 2.04. The SMILES string of the molecule is CCOc1cc(F)ccc1NCCCCSC. The van der Waals surface area contributed by atoms with Crippen LogP contribution in [0.3, 0.4) is 0 Å². The Morgan fingerprint density at radius 1 is 1.35 bits per heavy atom. The standard InChI is InChI=1S/C13H20FNOS/c1-3-16-13-10-11(14)6-7-12(13)15-8-4-5-9-17-2/h6-7,10,15H,3-5,8-9H2,1-2H3. The van der Waals surface area contributed by atoms with E-state index in [9.17, 15) is 4.39 Å². The number of thioether (sulfide) groups is 1. The van der Waals surface area contributed by atoms with Crippen LogP contribution < -0.4 is 10.1 Å². The number of unbranched alkanes of at least 4 members (excludes halogenated alkanes) is 1. The van der Waals surface area contributed by atoms with E-state index in [4.69, 9.17) is 4.74 Å². The highest BCUT2D eigenvalue weighted by atomic mass is 32.2. The number of halogens is 1. The minimum absolute atomic E-state index is 0.263. The van der Waals surface area contributed by atoms with E-state index in [1.165, 1.54) is 24.3 Å². The molecule has 96 valence electrons. The molecule has 1 N–H and O–H groups in total. The highest BCUT2D eigenvalue weighted by Crippen LogP contribution is 2.25. The van der Waals surface area contributed by atoms with Gasteiger partial charge in [0.25, 0.3) is 0 Å². The molecule has 0 amide bonds. The summed E-state index contributed by atoms with van der Waals surface area (Å²) in [4.78, 5) is 0. The third-order valence-electron chi connectivity index (χ3n) is 2.33. The Labute approximate surface area is 107 Å². The average Bonchev–Trinajstić information content (AvgIpc) is 2.32. The Balaban J connectivity index is 2.45. The molecule has 0 aliphatic carbocycles. The second kappa shape index (κ2) is 8.23. The Morgan fingerprint density at radius 2 is 2.18 bits per heavy atom. The molecule has 0 atom stereocenters. The summed E-state index contributed by atoms with van der Waals surface area (Å²) in [6.45, 7) is 3.34. The molecule has 1 rings (SSSR count). The Bertz CT molecular complexity index is 333. The summed E-state index contributed by atoms with van der Waals surface area (Å²) in [5.74, 6) is 1.52. The van der Waals surface area contributed by atoms with E-state index in [0.29, 0.717) is 12.4 Å². The van der Waals surface area contributed by atoms with E-state index in [1.807, 2.05) is 18.7 Å². The molecular formula is C13H20FNOS. The fourth-order valence-electron chi connectivity index (χ4n) is 1.51. The molecule has 0 aromatic heterocycles. The van der Waals surface area contributed by atoms with Gasteiger partial charge < -0.3 is 10.1 Å². The van der Waals surface area contributed by atoms with Gasteiger partial charge >= 0.3 is 0 Å². The van der Waals surface area contributed by atoms with Crippen LogP contribution >= 0.6 is 11.8 Å². The van der Waals surface area contributed by atoms with Crippen molar-refractivity contribution in [1.82, 2.24) is 0 Å². The highest BCUT2D eigenvalue weighted by molar-refractivity contribution is 7.98. The minimum atomic E-state index is -0.263. The van der Waals surface area contributed by atoms with Crippen LogP contribution in [-0.2, 0) is 0 Å². The third kappa shape index (κ3) is 5.31. The number of ether oxygens (including phenoxy) is 1. The maximum absolute atomic E-state index is 13.0. The van der Waals surface area contributed by atoms with Gasteiger partial charge in [-0.15, -0.1) is 0 Å². The number of hydrogen-bond donors (Lipinski definition) is 1. The van der Waals surface area contributed by atoms with Crippen molar-refractivity contribution in [1.29, 1.82) is 0 Å². The van der Waals surface area contributed by atoms with Gasteiger partial charge in [0.15, 0.2) is 0 Å². The summed E-state index contributed by atoms with van der Waals surface area (Å²) in [5, 5.41) is 3.28. The monoisotopic (exact) mass is 257 g/mol. The topological polar surface area (TPSA) is 21.3 Å². The molecule has 0 saturated carbocycles. The van der Waals surface area contributed by atoms with Crippen LogP contribution in [0.5, 0.6) is 5.75 Å². The van der Waals surface area contributed by atoms with E-state index in [0.717, 1.165) is 18.7 Å². The number of benzene rings is 1. The van der Waals surface area contributed by atoms with Crippen LogP contribution in [0.1, 0.15) is 19.8 Å². The lowest BCUT2D eigenvalue weighted by molar-refractivity contribution is 0.340. The molecule has 1 aromatic carbocycles. The first-order valence-corrected chi connectivity index (χ1v) is 7.32. The lowest BCUT2D eigenvalue weighted by atomic mass is 10.2. The molecule has 0 aliphatic rings. The van der Waals surface area contributed by atoms with Crippen molar-refractivity contribution in [2.75, 3.05) is 30.5 Å². The van der Waals surface area contributed by atoms with Gasteiger partial charge in [-0.25, -0.2) is 4.39 Å². The fraction of sp³-hybridized carbons (Fsp3) is 0.538. The molecular weight excluding hydrogens is 237 g/mol. The average molecular weight is 257 g/mol. The number of anilines is 1. The summed E-state index contributed by atoms with van der Waals surface area (Å²) in [5.41, 5.74) is 0.873. The van der Waals surface area contributed by atoms with Gasteiger partial charge in [0, 0.05) is 12.6 Å². The predicted octanol–water partition coefficient (Wildman–Crippen LogP) is 3.78. The molecule has 0 spiro atoms. The normalized spacial score (nSPS) is 10.3. The molecule has 0 aliphatic heterocycles. The van der Waals surface area contributed by atoms with Crippen molar-refractivity contribution in [2.24, 2.45) is 0 Å². The van der Waals surface area contributed by atoms with Gasteiger partial charge in [-0.2, -0.15) is 11.8 Å². The molecule has 4 heteroatoms. The van der Waals surface area contributed by atoms with Crippen molar-refractivity contribution in [2.45, 2.75) is 19.8 Å². The summed E-state index contributed by atoms with van der Waals surface area (Å²) in [7, 11) is 0. The Hall–Kier alpha value is -0.900. The van der Waals surface area contributed by atoms with Crippen LogP contribution in [0.15, 0.2) is 18.2 Å². The van der Waals surface area contributed by atoms with Crippen LogP contribution in [0.25, 0.3) is 0 Å². The second-order valence-electron chi connectivity index (χ2n) is 3.70. The molecule has 0 unspecified atom stereocenters. The first kappa shape index (κ1) is 14.2. The van der Waals surface area contributed by atoms with Crippen LogP contribution in [0.2, 0.25) is 0 Å². The second-order valence-corrected chi connectivity index (χ2v) is 4.69. The maximum Gasteiger partial charge on any atom is 0.145 e. The zero-order chi connectivity index (χ0) is 12.5. The van der Waals surface area contributed by atoms with Crippen molar-refractivity contribution in [3.8, 4) is 5.75 Å². The van der Waals surface area contributed by atoms with Crippen molar-refractivity contribution in [3.63, 3.8) is 0 Å². The number of rotatable bonds is 8. The summed E-state index contributed by atoms with van der Waals surface area (Å²) >= 11 is 1.86. The Kier molecular flexibility index (Phi) is 6.86. The van der Waals surface area contributed by atoms with Crippen molar-refractivity contribution >= 4 is 17.4 Å². The van der Waals surface area contributed by atoms with Gasteiger partial charge in [0.2, 0.25) is 0 Å². The summed E-state index contributed by atoms with van der Waals surface area (Å²) in [6.07, 6.45) is 4.42. The summed E-state index contributed by atoms with van der Waals surface area (Å²) in [6, 6.07) is 4.61. The van der Waals surface area contributed by atoms with Crippen LogP contribution in [0.4, 0.5) is 10.1 Å². The first-order chi connectivity index (χ1) is 8.27. The maximum atomic E-state index is 13.0. The van der Waals surface area contributed by atoms with Crippen molar-refractivity contribution < 1.29 is 9.13 Å². The molecule has 0 heterocycles. The van der Waals surface area contributed by atoms with Gasteiger partial charge in [-0.1, -0.05) is 0 Å². The zero-order valence-electron chi connectivity index (χ0n) is 10.5. The van der Waals surface area contributed by atoms with E-state index in [1.54, 1.807) is 6.07 Å². The van der Waals surface area contributed by atoms with Gasteiger partial charge in [-0.3, -0.25) is 0 Å². The smallest absolute Gasteiger partial charge is 0.145 e. The molecule has 0 bridgehead atoms. The first-order valence-electron chi connectivity index (χ1n) is 5.93. The molecule has 0 radical (unpaired) electrons. The largest absolute Gasteiger partial charge is 0.492 e. The van der Waals surface area contributed by atoms with E-state index in [-0.39, 0.29) is 5.82 Å². The number of nitrogens with one attached hydrogen (secondary N) is 1. The quantitative estimate of drug-likeness (QED) is 0.716.